The summed E-state index contributed by atoms with van der Waals surface area (Å²) in [5.41, 5.74) is 2.27. The molecule has 0 N–H and O–H groups in total. The van der Waals surface area contributed by atoms with Crippen molar-refractivity contribution in [3.8, 4) is 0 Å². The van der Waals surface area contributed by atoms with Crippen molar-refractivity contribution in [1.29, 1.82) is 0 Å². The Morgan fingerprint density at radius 1 is 0.970 bits per heavy atom. The summed E-state index contributed by atoms with van der Waals surface area (Å²) in [6, 6.07) is 24.3. The first-order valence-corrected chi connectivity index (χ1v) is 12.2. The van der Waals surface area contributed by atoms with Gasteiger partial charge < -0.3 is 9.80 Å². The number of carbonyl (C=O) groups excluding carboxylic acids is 2. The summed E-state index contributed by atoms with van der Waals surface area (Å²) in [6.45, 7) is 7.38. The van der Waals surface area contributed by atoms with Crippen LogP contribution >= 0.6 is 11.3 Å². The van der Waals surface area contributed by atoms with Crippen LogP contribution in [0.2, 0.25) is 0 Å². The third kappa shape index (κ3) is 5.99. The molecule has 1 aliphatic carbocycles. The van der Waals surface area contributed by atoms with Crippen molar-refractivity contribution in [2.75, 3.05) is 13.1 Å². The maximum Gasteiger partial charge on any atom is 0.242 e. The molecule has 2 unspecified atom stereocenters. The summed E-state index contributed by atoms with van der Waals surface area (Å²) in [4.78, 5) is 32.6. The van der Waals surface area contributed by atoms with Gasteiger partial charge in [-0.3, -0.25) is 9.59 Å². The lowest BCUT2D eigenvalue weighted by atomic mass is 10.1. The standard InChI is InChI=1S/C28H30N2O2S/c1-3-16-29(28(32)26-17-25(26)23-12-8-5-9-13-23)20-27(31)30(18-22-10-6-4-7-11-22)19-24-15-14-21(2)33-24/h3-15,25-26H,1,16-20H2,2H3. The molecule has 2 atom stereocenters. The third-order valence-electron chi connectivity index (χ3n) is 6.03. The van der Waals surface area contributed by atoms with Crippen molar-refractivity contribution in [3.63, 3.8) is 0 Å². The van der Waals surface area contributed by atoms with Crippen LogP contribution in [0.1, 0.15) is 33.2 Å². The topological polar surface area (TPSA) is 40.6 Å². The minimum Gasteiger partial charge on any atom is -0.332 e. The first-order chi connectivity index (χ1) is 16.0. The van der Waals surface area contributed by atoms with E-state index < -0.39 is 0 Å². The molecule has 0 bridgehead atoms. The average Bonchev–Trinajstić information content (AvgIpc) is 3.53. The minimum atomic E-state index is -0.0531. The molecule has 0 radical (unpaired) electrons. The molecule has 0 saturated heterocycles. The first kappa shape index (κ1) is 23.0. The number of hydrogen-bond acceptors (Lipinski definition) is 3. The van der Waals surface area contributed by atoms with Gasteiger partial charge in [-0.2, -0.15) is 0 Å². The van der Waals surface area contributed by atoms with E-state index in [-0.39, 0.29) is 30.2 Å². The third-order valence-corrected chi connectivity index (χ3v) is 7.02. The van der Waals surface area contributed by atoms with E-state index in [0.717, 1.165) is 16.9 Å². The van der Waals surface area contributed by atoms with Crippen LogP contribution in [0, 0.1) is 12.8 Å². The van der Waals surface area contributed by atoms with Gasteiger partial charge in [0.1, 0.15) is 6.54 Å². The van der Waals surface area contributed by atoms with Crippen molar-refractivity contribution in [3.05, 3.63) is 106 Å². The Balaban J connectivity index is 1.46. The summed E-state index contributed by atoms with van der Waals surface area (Å²) in [5.74, 6) is 0.194. The molecule has 2 aromatic carbocycles. The Kier molecular flexibility index (Phi) is 7.40. The molecule has 0 aliphatic heterocycles. The van der Waals surface area contributed by atoms with Crippen molar-refractivity contribution in [2.45, 2.75) is 32.4 Å². The summed E-state index contributed by atoms with van der Waals surface area (Å²) >= 11 is 1.70. The van der Waals surface area contributed by atoms with Crippen LogP contribution in [-0.4, -0.2) is 34.7 Å². The highest BCUT2D eigenvalue weighted by molar-refractivity contribution is 7.11. The van der Waals surface area contributed by atoms with Crippen molar-refractivity contribution < 1.29 is 9.59 Å². The van der Waals surface area contributed by atoms with Crippen LogP contribution in [0.3, 0.4) is 0 Å². The molecule has 1 heterocycles. The fraction of sp³-hybridized carbons (Fsp3) is 0.286. The largest absolute Gasteiger partial charge is 0.332 e. The van der Waals surface area contributed by atoms with Crippen LogP contribution in [0.15, 0.2) is 85.5 Å². The van der Waals surface area contributed by atoms with Crippen LogP contribution in [0.25, 0.3) is 0 Å². The predicted octanol–water partition coefficient (Wildman–Crippen LogP) is 5.40. The minimum absolute atomic E-state index is 0.0444. The summed E-state index contributed by atoms with van der Waals surface area (Å²) in [6.07, 6.45) is 2.54. The highest BCUT2D eigenvalue weighted by Crippen LogP contribution is 2.48. The summed E-state index contributed by atoms with van der Waals surface area (Å²) in [7, 11) is 0. The van der Waals surface area contributed by atoms with Gasteiger partial charge in [-0.25, -0.2) is 0 Å². The molecular weight excluding hydrogens is 428 g/mol. The second kappa shape index (κ2) is 10.6. The monoisotopic (exact) mass is 458 g/mol. The number of amides is 2. The van der Waals surface area contributed by atoms with Gasteiger partial charge in [-0.15, -0.1) is 17.9 Å². The Morgan fingerprint density at radius 2 is 1.67 bits per heavy atom. The van der Waals surface area contributed by atoms with E-state index in [1.165, 1.54) is 10.4 Å². The van der Waals surface area contributed by atoms with Crippen molar-refractivity contribution in [2.24, 2.45) is 5.92 Å². The molecule has 170 valence electrons. The Morgan fingerprint density at radius 3 is 2.30 bits per heavy atom. The molecule has 33 heavy (non-hydrogen) atoms. The molecular formula is C28H30N2O2S. The zero-order chi connectivity index (χ0) is 23.2. The fourth-order valence-corrected chi connectivity index (χ4v) is 5.12. The van der Waals surface area contributed by atoms with Gasteiger partial charge in [-0.05, 0) is 42.5 Å². The number of hydrogen-bond donors (Lipinski definition) is 0. The maximum atomic E-state index is 13.4. The molecule has 1 aliphatic rings. The van der Waals surface area contributed by atoms with E-state index in [2.05, 4.69) is 37.8 Å². The molecule has 4 rings (SSSR count). The van der Waals surface area contributed by atoms with E-state index in [9.17, 15) is 9.59 Å². The quantitative estimate of drug-likeness (QED) is 0.382. The Hall–Kier alpha value is -3.18. The van der Waals surface area contributed by atoms with E-state index in [0.29, 0.717) is 19.6 Å². The van der Waals surface area contributed by atoms with E-state index in [1.807, 2.05) is 53.4 Å². The number of benzene rings is 2. The number of carbonyl (C=O) groups is 2. The number of aryl methyl sites for hydroxylation is 1. The van der Waals surface area contributed by atoms with E-state index in [4.69, 9.17) is 0 Å². The number of nitrogens with zero attached hydrogens (tertiary/aromatic N) is 2. The predicted molar refractivity (Wildman–Crippen MR) is 134 cm³/mol. The number of thiophene rings is 1. The molecule has 5 heteroatoms. The smallest absolute Gasteiger partial charge is 0.242 e. The van der Waals surface area contributed by atoms with Crippen LogP contribution < -0.4 is 0 Å². The SMILES string of the molecule is C=CCN(CC(=O)N(Cc1ccccc1)Cc1ccc(C)s1)C(=O)C1CC1c1ccccc1. The molecule has 2 amide bonds. The van der Waals surface area contributed by atoms with Gasteiger partial charge in [0.2, 0.25) is 11.8 Å². The summed E-state index contributed by atoms with van der Waals surface area (Å²) < 4.78 is 0. The fourth-order valence-electron chi connectivity index (χ4n) is 4.22. The Bertz CT molecular complexity index is 1090. The average molecular weight is 459 g/mol. The second-order valence-corrected chi connectivity index (χ2v) is 9.99. The van der Waals surface area contributed by atoms with Gasteiger partial charge in [0.15, 0.2) is 0 Å². The molecule has 1 fully saturated rings. The van der Waals surface area contributed by atoms with Gasteiger partial charge in [0.25, 0.3) is 0 Å². The van der Waals surface area contributed by atoms with Crippen molar-refractivity contribution in [1.82, 2.24) is 9.80 Å². The number of rotatable bonds is 10. The highest BCUT2D eigenvalue weighted by Gasteiger charge is 2.45. The van der Waals surface area contributed by atoms with Gasteiger partial charge in [0.05, 0.1) is 6.54 Å². The van der Waals surface area contributed by atoms with Crippen LogP contribution in [-0.2, 0) is 22.7 Å². The Labute approximate surface area is 200 Å². The second-order valence-electron chi connectivity index (χ2n) is 8.61. The lowest BCUT2D eigenvalue weighted by Crippen LogP contribution is -2.43. The molecule has 1 aromatic heterocycles. The lowest BCUT2D eigenvalue weighted by molar-refractivity contribution is -0.141. The zero-order valence-corrected chi connectivity index (χ0v) is 19.8. The van der Waals surface area contributed by atoms with E-state index in [1.54, 1.807) is 22.3 Å². The summed E-state index contributed by atoms with van der Waals surface area (Å²) in [5, 5.41) is 0. The lowest BCUT2D eigenvalue weighted by Gasteiger charge is -2.27. The van der Waals surface area contributed by atoms with E-state index >= 15 is 0 Å². The first-order valence-electron chi connectivity index (χ1n) is 11.4. The van der Waals surface area contributed by atoms with Gasteiger partial charge in [-0.1, -0.05) is 66.7 Å². The molecule has 4 nitrogen and oxygen atoms in total. The molecule has 1 saturated carbocycles. The molecule has 0 spiro atoms. The normalized spacial score (nSPS) is 16.8. The van der Waals surface area contributed by atoms with Gasteiger partial charge >= 0.3 is 0 Å². The van der Waals surface area contributed by atoms with Crippen LogP contribution in [0.5, 0.6) is 0 Å². The highest BCUT2D eigenvalue weighted by atomic mass is 32.1. The van der Waals surface area contributed by atoms with Crippen molar-refractivity contribution >= 4 is 23.2 Å². The maximum absolute atomic E-state index is 13.4. The van der Waals surface area contributed by atoms with Gasteiger partial charge in [0, 0.05) is 28.8 Å². The molecule has 3 aromatic rings. The van der Waals surface area contributed by atoms with Crippen LogP contribution in [0.4, 0.5) is 0 Å². The zero-order valence-electron chi connectivity index (χ0n) is 19.0.